The quantitative estimate of drug-likeness (QED) is 0.661. The monoisotopic (exact) mass is 308 g/mol. The minimum atomic E-state index is 0.145. The second-order valence-corrected chi connectivity index (χ2v) is 7.04. The minimum Gasteiger partial charge on any atom is -0.375 e. The van der Waals surface area contributed by atoms with Gasteiger partial charge in [-0.25, -0.2) is 0 Å². The number of rotatable bonds is 4. The van der Waals surface area contributed by atoms with Gasteiger partial charge in [-0.3, -0.25) is 11.3 Å². The molecule has 0 radical (unpaired) electrons. The summed E-state index contributed by atoms with van der Waals surface area (Å²) in [5.74, 6) is 6.44. The van der Waals surface area contributed by atoms with E-state index in [-0.39, 0.29) is 5.60 Å². The fraction of sp³-hybridized carbons (Fsp3) is 0.647. The standard InChI is InChI=1S/C17H25ClN2O/c18-15-5-3-4-13(10-15)11-16(20-19)14-6-9-21-17(12-14)7-1-2-8-17/h3-5,10,14,16,20H,1-2,6-9,11-12,19H2. The number of nitrogens with two attached hydrogens (primary N) is 1. The highest BCUT2D eigenvalue weighted by molar-refractivity contribution is 6.30. The molecule has 1 aliphatic carbocycles. The number of hydrogen-bond donors (Lipinski definition) is 2. The molecule has 116 valence electrons. The molecular weight excluding hydrogens is 284 g/mol. The van der Waals surface area contributed by atoms with Crippen molar-refractivity contribution in [3.63, 3.8) is 0 Å². The lowest BCUT2D eigenvalue weighted by Gasteiger charge is -2.41. The van der Waals surface area contributed by atoms with Crippen LogP contribution in [0.25, 0.3) is 0 Å². The molecule has 2 fully saturated rings. The summed E-state index contributed by atoms with van der Waals surface area (Å²) in [5, 5.41) is 0.794. The maximum absolute atomic E-state index is 6.13. The Morgan fingerprint density at radius 1 is 1.38 bits per heavy atom. The van der Waals surface area contributed by atoms with Gasteiger partial charge in [-0.15, -0.1) is 0 Å². The molecule has 3 nitrogen and oxygen atoms in total. The van der Waals surface area contributed by atoms with Gasteiger partial charge in [0.1, 0.15) is 0 Å². The second kappa shape index (κ2) is 6.66. The molecule has 1 aromatic rings. The average molecular weight is 309 g/mol. The lowest BCUT2D eigenvalue weighted by Crippen LogP contribution is -2.48. The molecule has 1 heterocycles. The van der Waals surface area contributed by atoms with Gasteiger partial charge < -0.3 is 4.74 Å². The second-order valence-electron chi connectivity index (χ2n) is 6.60. The van der Waals surface area contributed by atoms with Crippen LogP contribution in [0.2, 0.25) is 5.02 Å². The Kier molecular flexibility index (Phi) is 4.85. The van der Waals surface area contributed by atoms with Gasteiger partial charge in [-0.05, 0) is 55.7 Å². The number of nitrogens with one attached hydrogen (secondary N) is 1. The summed E-state index contributed by atoms with van der Waals surface area (Å²) >= 11 is 6.08. The molecule has 3 N–H and O–H groups in total. The third kappa shape index (κ3) is 3.59. The molecule has 2 unspecified atom stereocenters. The van der Waals surface area contributed by atoms with Crippen molar-refractivity contribution >= 4 is 11.6 Å². The van der Waals surface area contributed by atoms with E-state index in [1.54, 1.807) is 0 Å². The summed E-state index contributed by atoms with van der Waals surface area (Å²) in [5.41, 5.74) is 4.44. The lowest BCUT2D eigenvalue weighted by atomic mass is 9.79. The molecule has 2 aliphatic rings. The first kappa shape index (κ1) is 15.3. The van der Waals surface area contributed by atoms with Gasteiger partial charge >= 0.3 is 0 Å². The van der Waals surface area contributed by atoms with E-state index in [0.29, 0.717) is 12.0 Å². The van der Waals surface area contributed by atoms with E-state index in [0.717, 1.165) is 30.9 Å². The first-order valence-electron chi connectivity index (χ1n) is 8.05. The highest BCUT2D eigenvalue weighted by atomic mass is 35.5. The first-order valence-corrected chi connectivity index (χ1v) is 8.43. The van der Waals surface area contributed by atoms with E-state index in [1.165, 1.54) is 31.2 Å². The van der Waals surface area contributed by atoms with Gasteiger partial charge in [0.05, 0.1) is 5.60 Å². The number of ether oxygens (including phenoxy) is 1. The van der Waals surface area contributed by atoms with Crippen LogP contribution in [0.1, 0.15) is 44.1 Å². The average Bonchev–Trinajstić information content (AvgIpc) is 2.92. The van der Waals surface area contributed by atoms with Crippen LogP contribution < -0.4 is 11.3 Å². The van der Waals surface area contributed by atoms with Crippen molar-refractivity contribution in [2.75, 3.05) is 6.61 Å². The zero-order valence-electron chi connectivity index (χ0n) is 12.5. The molecule has 0 aromatic heterocycles. The predicted molar refractivity (Wildman–Crippen MR) is 86.1 cm³/mol. The summed E-state index contributed by atoms with van der Waals surface area (Å²) in [6, 6.07) is 8.38. The Morgan fingerprint density at radius 2 is 2.19 bits per heavy atom. The van der Waals surface area contributed by atoms with Crippen LogP contribution in [0.15, 0.2) is 24.3 Å². The van der Waals surface area contributed by atoms with Crippen molar-refractivity contribution in [3.05, 3.63) is 34.9 Å². The van der Waals surface area contributed by atoms with Crippen molar-refractivity contribution < 1.29 is 4.74 Å². The normalized spacial score (nSPS) is 26.1. The maximum atomic E-state index is 6.13. The Morgan fingerprint density at radius 3 is 2.90 bits per heavy atom. The topological polar surface area (TPSA) is 47.3 Å². The third-order valence-corrected chi connectivity index (χ3v) is 5.41. The number of hydrogen-bond acceptors (Lipinski definition) is 3. The molecule has 1 saturated carbocycles. The molecular formula is C17H25ClN2O. The van der Waals surface area contributed by atoms with E-state index in [9.17, 15) is 0 Å². The molecule has 1 aliphatic heterocycles. The fourth-order valence-electron chi connectivity index (χ4n) is 4.06. The van der Waals surface area contributed by atoms with Crippen molar-refractivity contribution in [3.8, 4) is 0 Å². The zero-order valence-corrected chi connectivity index (χ0v) is 13.2. The van der Waals surface area contributed by atoms with Crippen LogP contribution in [0.3, 0.4) is 0 Å². The van der Waals surface area contributed by atoms with E-state index >= 15 is 0 Å². The number of hydrazine groups is 1. The van der Waals surface area contributed by atoms with E-state index < -0.39 is 0 Å². The molecule has 4 heteroatoms. The molecule has 1 spiro atoms. The molecule has 0 bridgehead atoms. The van der Waals surface area contributed by atoms with Crippen molar-refractivity contribution in [1.29, 1.82) is 0 Å². The van der Waals surface area contributed by atoms with Gasteiger partial charge in [0, 0.05) is 17.7 Å². The maximum Gasteiger partial charge on any atom is 0.0685 e. The minimum absolute atomic E-state index is 0.145. The smallest absolute Gasteiger partial charge is 0.0685 e. The van der Waals surface area contributed by atoms with Crippen LogP contribution in [-0.4, -0.2) is 18.2 Å². The van der Waals surface area contributed by atoms with Crippen molar-refractivity contribution in [2.45, 2.75) is 56.6 Å². The molecule has 1 saturated heterocycles. The number of benzene rings is 1. The largest absolute Gasteiger partial charge is 0.375 e. The highest BCUT2D eigenvalue weighted by Gasteiger charge is 2.41. The summed E-state index contributed by atoms with van der Waals surface area (Å²) in [6.07, 6.45) is 8.22. The van der Waals surface area contributed by atoms with Gasteiger partial charge in [-0.2, -0.15) is 0 Å². The summed E-state index contributed by atoms with van der Waals surface area (Å²) in [7, 11) is 0. The van der Waals surface area contributed by atoms with E-state index in [4.69, 9.17) is 22.2 Å². The van der Waals surface area contributed by atoms with Gasteiger partial charge in [0.25, 0.3) is 0 Å². The Hall–Kier alpha value is -0.610. The molecule has 2 atom stereocenters. The van der Waals surface area contributed by atoms with E-state index in [1.807, 2.05) is 18.2 Å². The number of halogens is 1. The predicted octanol–water partition coefficient (Wildman–Crippen LogP) is 3.45. The fourth-order valence-corrected chi connectivity index (χ4v) is 4.27. The first-order chi connectivity index (χ1) is 10.2. The van der Waals surface area contributed by atoms with Gasteiger partial charge in [0.2, 0.25) is 0 Å². The summed E-state index contributed by atoms with van der Waals surface area (Å²) in [4.78, 5) is 0. The zero-order chi connectivity index (χ0) is 14.7. The van der Waals surface area contributed by atoms with E-state index in [2.05, 4.69) is 11.5 Å². The summed E-state index contributed by atoms with van der Waals surface area (Å²) in [6.45, 7) is 0.873. The molecule has 0 amide bonds. The van der Waals surface area contributed by atoms with Crippen molar-refractivity contribution in [2.24, 2.45) is 11.8 Å². The molecule has 21 heavy (non-hydrogen) atoms. The highest BCUT2D eigenvalue weighted by Crippen LogP contribution is 2.43. The van der Waals surface area contributed by atoms with Gasteiger partial charge in [-0.1, -0.05) is 36.6 Å². The third-order valence-electron chi connectivity index (χ3n) is 5.17. The van der Waals surface area contributed by atoms with Crippen LogP contribution in [-0.2, 0) is 11.2 Å². The Balaban J connectivity index is 1.67. The van der Waals surface area contributed by atoms with Crippen LogP contribution in [0, 0.1) is 5.92 Å². The Labute approximate surface area is 132 Å². The molecule has 3 rings (SSSR count). The van der Waals surface area contributed by atoms with Crippen LogP contribution >= 0.6 is 11.6 Å². The van der Waals surface area contributed by atoms with Crippen LogP contribution in [0.5, 0.6) is 0 Å². The molecule has 1 aromatic carbocycles. The van der Waals surface area contributed by atoms with Crippen LogP contribution in [0.4, 0.5) is 0 Å². The SMILES string of the molecule is NNC(Cc1cccc(Cl)c1)C1CCOC2(CCCC2)C1. The Bertz CT molecular complexity index is 474. The lowest BCUT2D eigenvalue weighted by molar-refractivity contribution is -0.0978. The van der Waals surface area contributed by atoms with Gasteiger partial charge in [0.15, 0.2) is 0 Å². The van der Waals surface area contributed by atoms with Crippen molar-refractivity contribution in [1.82, 2.24) is 5.43 Å². The summed E-state index contributed by atoms with van der Waals surface area (Å²) < 4.78 is 6.13.